The van der Waals surface area contributed by atoms with Crippen LogP contribution in [0.1, 0.15) is 31.4 Å². The maximum Gasteiger partial charge on any atom is 0.118 e. The summed E-state index contributed by atoms with van der Waals surface area (Å²) in [6.45, 7) is 3.87. The minimum absolute atomic E-state index is 0.295. The van der Waals surface area contributed by atoms with Gasteiger partial charge >= 0.3 is 0 Å². The third-order valence-electron chi connectivity index (χ3n) is 5.63. The lowest BCUT2D eigenvalue weighted by atomic mass is 9.96. The summed E-state index contributed by atoms with van der Waals surface area (Å²) in [6, 6.07) is 37.9. The Labute approximate surface area is 196 Å². The van der Waals surface area contributed by atoms with E-state index in [0.717, 1.165) is 17.7 Å². The maximum absolute atomic E-state index is 7.96. The largest absolute Gasteiger partial charge is 0.287 e. The van der Waals surface area contributed by atoms with E-state index in [1.807, 2.05) is 24.3 Å². The molecule has 0 saturated heterocycles. The summed E-state index contributed by atoms with van der Waals surface area (Å²) in [6.07, 6.45) is 3.00. The lowest BCUT2D eigenvalue weighted by Crippen LogP contribution is -2.02. The van der Waals surface area contributed by atoms with Crippen LogP contribution in [0.5, 0.6) is 0 Å². The summed E-state index contributed by atoms with van der Waals surface area (Å²) >= 11 is 0. The average Bonchev–Trinajstić information content (AvgIpc) is 2.87. The van der Waals surface area contributed by atoms with Gasteiger partial charge in [-0.3, -0.25) is 5.41 Å². The molecule has 0 heterocycles. The topological polar surface area (TPSA) is 36.2 Å². The van der Waals surface area contributed by atoms with Gasteiger partial charge in [0.1, 0.15) is 5.84 Å². The first-order chi connectivity index (χ1) is 16.1. The van der Waals surface area contributed by atoms with Crippen molar-refractivity contribution in [1.82, 2.24) is 0 Å². The zero-order chi connectivity index (χ0) is 23.0. The van der Waals surface area contributed by atoms with E-state index < -0.39 is 0 Å². The highest BCUT2D eigenvalue weighted by molar-refractivity contribution is 6.16. The van der Waals surface area contributed by atoms with Crippen molar-refractivity contribution in [2.45, 2.75) is 20.3 Å². The van der Waals surface area contributed by atoms with Gasteiger partial charge in [-0.05, 0) is 52.8 Å². The molecule has 0 aliphatic heterocycles. The van der Waals surface area contributed by atoms with Crippen LogP contribution in [-0.2, 0) is 0 Å². The van der Waals surface area contributed by atoms with E-state index in [4.69, 9.17) is 5.41 Å². The molecule has 0 bridgehead atoms. The van der Waals surface area contributed by atoms with Crippen LogP contribution in [0.15, 0.2) is 120 Å². The SMILES string of the molecule is CC/C(=C\C(=NC(C)=N)c1ccc(-c2ccccc2)cc1)c1ccc(-c2ccccc2)cc1. The van der Waals surface area contributed by atoms with Crippen LogP contribution < -0.4 is 0 Å². The van der Waals surface area contributed by atoms with E-state index in [0.29, 0.717) is 5.84 Å². The molecule has 0 atom stereocenters. The molecule has 0 amide bonds. The van der Waals surface area contributed by atoms with Gasteiger partial charge in [0.15, 0.2) is 0 Å². The highest BCUT2D eigenvalue weighted by Gasteiger charge is 2.07. The van der Waals surface area contributed by atoms with Crippen molar-refractivity contribution >= 4 is 17.1 Å². The Bertz CT molecular complexity index is 1260. The van der Waals surface area contributed by atoms with Gasteiger partial charge in [0.2, 0.25) is 0 Å². The molecule has 0 spiro atoms. The van der Waals surface area contributed by atoms with Crippen molar-refractivity contribution < 1.29 is 0 Å². The second-order valence-corrected chi connectivity index (χ2v) is 7.99. The Balaban J connectivity index is 1.65. The Kier molecular flexibility index (Phi) is 7.06. The molecule has 2 nitrogen and oxygen atoms in total. The molecule has 0 radical (unpaired) electrons. The predicted molar refractivity (Wildman–Crippen MR) is 142 cm³/mol. The minimum Gasteiger partial charge on any atom is -0.287 e. The van der Waals surface area contributed by atoms with E-state index >= 15 is 0 Å². The smallest absolute Gasteiger partial charge is 0.118 e. The van der Waals surface area contributed by atoms with Crippen LogP contribution in [0.4, 0.5) is 0 Å². The molecule has 2 heteroatoms. The number of hydrogen-bond donors (Lipinski definition) is 1. The summed E-state index contributed by atoms with van der Waals surface area (Å²) < 4.78 is 0. The number of benzene rings is 4. The minimum atomic E-state index is 0.295. The first-order valence-electron chi connectivity index (χ1n) is 11.3. The van der Waals surface area contributed by atoms with Gasteiger partial charge in [-0.25, -0.2) is 4.99 Å². The molecule has 162 valence electrons. The Morgan fingerprint density at radius 3 is 1.48 bits per heavy atom. The van der Waals surface area contributed by atoms with Gasteiger partial charge < -0.3 is 0 Å². The summed E-state index contributed by atoms with van der Waals surface area (Å²) in [5.41, 5.74) is 8.96. The lowest BCUT2D eigenvalue weighted by molar-refractivity contribution is 1.24. The van der Waals surface area contributed by atoms with Crippen LogP contribution in [0.3, 0.4) is 0 Å². The van der Waals surface area contributed by atoms with Crippen LogP contribution in [0, 0.1) is 5.41 Å². The van der Waals surface area contributed by atoms with Gasteiger partial charge in [0.25, 0.3) is 0 Å². The fourth-order valence-corrected chi connectivity index (χ4v) is 3.89. The van der Waals surface area contributed by atoms with E-state index in [-0.39, 0.29) is 0 Å². The Hall–Kier alpha value is -4.04. The number of aliphatic imine (C=N–C) groups is 1. The zero-order valence-corrected chi connectivity index (χ0v) is 19.1. The molecule has 0 saturated carbocycles. The Morgan fingerprint density at radius 2 is 1.06 bits per heavy atom. The molecule has 4 aromatic carbocycles. The quantitative estimate of drug-likeness (QED) is 0.237. The van der Waals surface area contributed by atoms with Crippen LogP contribution in [0.2, 0.25) is 0 Å². The van der Waals surface area contributed by atoms with Crippen molar-refractivity contribution in [2.24, 2.45) is 4.99 Å². The van der Waals surface area contributed by atoms with Crippen molar-refractivity contribution in [3.8, 4) is 22.3 Å². The fraction of sp³-hybridized carbons (Fsp3) is 0.0968. The van der Waals surface area contributed by atoms with Crippen LogP contribution in [0.25, 0.3) is 27.8 Å². The Morgan fingerprint density at radius 1 is 0.636 bits per heavy atom. The molecule has 0 aromatic heterocycles. The maximum atomic E-state index is 7.96. The number of rotatable bonds is 6. The fourth-order valence-electron chi connectivity index (χ4n) is 3.89. The second kappa shape index (κ2) is 10.5. The van der Waals surface area contributed by atoms with E-state index in [2.05, 4.69) is 103 Å². The monoisotopic (exact) mass is 428 g/mol. The lowest BCUT2D eigenvalue weighted by Gasteiger charge is -2.10. The third kappa shape index (κ3) is 5.61. The van der Waals surface area contributed by atoms with Gasteiger partial charge in [0.05, 0.1) is 5.71 Å². The zero-order valence-electron chi connectivity index (χ0n) is 19.1. The molecular weight excluding hydrogens is 400 g/mol. The molecule has 1 N–H and O–H groups in total. The summed E-state index contributed by atoms with van der Waals surface area (Å²) in [7, 11) is 0. The molecule has 0 fully saturated rings. The molecular formula is C31H28N2. The normalized spacial score (nSPS) is 11.9. The molecule has 0 unspecified atom stereocenters. The number of nitrogens with zero attached hydrogens (tertiary/aromatic N) is 1. The average molecular weight is 429 g/mol. The number of amidine groups is 1. The molecule has 33 heavy (non-hydrogen) atoms. The van der Waals surface area contributed by atoms with Crippen molar-refractivity contribution in [1.29, 1.82) is 5.41 Å². The molecule has 4 rings (SSSR count). The number of allylic oxidation sites excluding steroid dienone is 2. The predicted octanol–water partition coefficient (Wildman–Crippen LogP) is 8.30. The third-order valence-corrected chi connectivity index (χ3v) is 5.63. The summed E-state index contributed by atoms with van der Waals surface area (Å²) in [5, 5.41) is 7.96. The van der Waals surface area contributed by atoms with Crippen molar-refractivity contribution in [3.05, 3.63) is 126 Å². The van der Waals surface area contributed by atoms with Gasteiger partial charge in [0, 0.05) is 5.56 Å². The molecule has 0 aliphatic carbocycles. The van der Waals surface area contributed by atoms with Gasteiger partial charge in [-0.15, -0.1) is 0 Å². The van der Waals surface area contributed by atoms with Crippen LogP contribution in [-0.4, -0.2) is 11.5 Å². The summed E-state index contributed by atoms with van der Waals surface area (Å²) in [4.78, 5) is 4.55. The van der Waals surface area contributed by atoms with Crippen molar-refractivity contribution in [2.75, 3.05) is 0 Å². The highest BCUT2D eigenvalue weighted by atomic mass is 14.8. The van der Waals surface area contributed by atoms with Crippen LogP contribution >= 0.6 is 0 Å². The first-order valence-corrected chi connectivity index (χ1v) is 11.3. The van der Waals surface area contributed by atoms with Gasteiger partial charge in [-0.2, -0.15) is 0 Å². The second-order valence-electron chi connectivity index (χ2n) is 7.99. The van der Waals surface area contributed by atoms with Crippen molar-refractivity contribution in [3.63, 3.8) is 0 Å². The summed E-state index contributed by atoms with van der Waals surface area (Å²) in [5.74, 6) is 0.295. The first kappa shape index (κ1) is 22.2. The van der Waals surface area contributed by atoms with E-state index in [1.54, 1.807) is 6.92 Å². The van der Waals surface area contributed by atoms with E-state index in [1.165, 1.54) is 33.4 Å². The molecule has 4 aromatic rings. The highest BCUT2D eigenvalue weighted by Crippen LogP contribution is 2.25. The molecule has 0 aliphatic rings. The van der Waals surface area contributed by atoms with Gasteiger partial charge in [-0.1, -0.05) is 116 Å². The standard InChI is InChI=1S/C31H28N2/c1-3-24(27-14-16-28(17-15-27)25-10-6-4-7-11-25)22-31(33-23(2)32)30-20-18-29(19-21-30)26-12-8-5-9-13-26/h4-22,32H,3H2,1-2H3/b24-22+,32-23?,33-31?. The van der Waals surface area contributed by atoms with E-state index in [9.17, 15) is 0 Å². The number of nitrogens with one attached hydrogen (secondary N) is 1. The number of hydrogen-bond acceptors (Lipinski definition) is 1.